The summed E-state index contributed by atoms with van der Waals surface area (Å²) in [5.74, 6) is -2.01. The number of benzene rings is 1. The number of carbonyl (C=O) groups excluding carboxylic acids is 1. The van der Waals surface area contributed by atoms with Gasteiger partial charge in [-0.3, -0.25) is 4.79 Å². The zero-order chi connectivity index (χ0) is 22.6. The summed E-state index contributed by atoms with van der Waals surface area (Å²) in [6, 6.07) is 3.01. The first-order valence-corrected chi connectivity index (χ1v) is 12.5. The number of nitrogens with zero attached hydrogens (tertiary/aromatic N) is 3. The molecule has 0 spiro atoms. The number of piperidine rings is 1. The molecule has 0 radical (unpaired) electrons. The molecular weight excluding hydrogens is 424 g/mol. The summed E-state index contributed by atoms with van der Waals surface area (Å²) in [5.41, 5.74) is 0. The van der Waals surface area contributed by atoms with Gasteiger partial charge < -0.3 is 9.80 Å². The van der Waals surface area contributed by atoms with Crippen molar-refractivity contribution in [1.82, 2.24) is 14.1 Å². The molecule has 1 saturated carbocycles. The van der Waals surface area contributed by atoms with Crippen molar-refractivity contribution in [3.63, 3.8) is 0 Å². The number of rotatable bonds is 7. The minimum atomic E-state index is -4.13. The summed E-state index contributed by atoms with van der Waals surface area (Å²) in [4.78, 5) is 16.3. The number of sulfonamides is 1. The Bertz CT molecular complexity index is 867. The van der Waals surface area contributed by atoms with Crippen LogP contribution in [0.15, 0.2) is 23.1 Å². The van der Waals surface area contributed by atoms with Gasteiger partial charge in [0.2, 0.25) is 15.9 Å². The average molecular weight is 458 g/mol. The standard InChI is InChI=1S/C22H33F2N3O3S/c1-25(19-6-4-3-5-7-19)14-15-26(2)22(28)17-10-12-27(13-11-17)31(29,30)21-16-18(23)8-9-20(21)24/h8-9,16-17,19H,3-7,10-15H2,1-2H3. The van der Waals surface area contributed by atoms with Crippen molar-refractivity contribution in [3.8, 4) is 0 Å². The van der Waals surface area contributed by atoms with E-state index in [0.29, 0.717) is 31.5 Å². The summed E-state index contributed by atoms with van der Waals surface area (Å²) >= 11 is 0. The molecule has 1 aliphatic carbocycles. The molecule has 0 unspecified atom stereocenters. The highest BCUT2D eigenvalue weighted by molar-refractivity contribution is 7.89. The molecule has 2 fully saturated rings. The third-order valence-corrected chi connectivity index (χ3v) is 8.59. The van der Waals surface area contributed by atoms with E-state index in [-0.39, 0.29) is 24.9 Å². The SMILES string of the molecule is CN(CCN(C)C1CCCCC1)C(=O)C1CCN(S(=O)(=O)c2cc(F)ccc2F)CC1. The molecule has 0 aromatic heterocycles. The van der Waals surface area contributed by atoms with Gasteiger partial charge in [0.15, 0.2) is 0 Å². The van der Waals surface area contributed by atoms with Crippen LogP contribution in [0.4, 0.5) is 8.78 Å². The second-order valence-electron chi connectivity index (χ2n) is 8.79. The van der Waals surface area contributed by atoms with Crippen LogP contribution in [0.3, 0.4) is 0 Å². The van der Waals surface area contributed by atoms with Crippen LogP contribution in [0, 0.1) is 17.6 Å². The predicted molar refractivity (Wildman–Crippen MR) is 115 cm³/mol. The van der Waals surface area contributed by atoms with E-state index in [1.54, 1.807) is 11.9 Å². The molecule has 1 amide bonds. The van der Waals surface area contributed by atoms with Crippen LogP contribution in [-0.2, 0) is 14.8 Å². The van der Waals surface area contributed by atoms with Crippen molar-refractivity contribution in [2.45, 2.75) is 55.9 Å². The highest BCUT2D eigenvalue weighted by atomic mass is 32.2. The molecular formula is C22H33F2N3O3S. The lowest BCUT2D eigenvalue weighted by Gasteiger charge is -2.34. The molecule has 0 atom stereocenters. The maximum atomic E-state index is 14.0. The number of halogens is 2. The van der Waals surface area contributed by atoms with Crippen molar-refractivity contribution in [2.24, 2.45) is 5.92 Å². The van der Waals surface area contributed by atoms with E-state index in [9.17, 15) is 22.0 Å². The Morgan fingerprint density at radius 1 is 1.03 bits per heavy atom. The van der Waals surface area contributed by atoms with Crippen LogP contribution in [0.1, 0.15) is 44.9 Å². The lowest BCUT2D eigenvalue weighted by molar-refractivity contribution is -0.135. The lowest BCUT2D eigenvalue weighted by Crippen LogP contribution is -2.45. The van der Waals surface area contributed by atoms with Gasteiger partial charge in [0.05, 0.1) is 0 Å². The van der Waals surface area contributed by atoms with Gasteiger partial charge in [-0.2, -0.15) is 4.31 Å². The molecule has 6 nitrogen and oxygen atoms in total. The molecule has 0 bridgehead atoms. The molecule has 0 N–H and O–H groups in total. The van der Waals surface area contributed by atoms with Crippen LogP contribution in [0.25, 0.3) is 0 Å². The number of hydrogen-bond donors (Lipinski definition) is 0. The fourth-order valence-corrected chi connectivity index (χ4v) is 6.14. The van der Waals surface area contributed by atoms with Gasteiger partial charge >= 0.3 is 0 Å². The van der Waals surface area contributed by atoms with Crippen LogP contribution < -0.4 is 0 Å². The van der Waals surface area contributed by atoms with Crippen molar-refractivity contribution < 1.29 is 22.0 Å². The maximum absolute atomic E-state index is 14.0. The lowest BCUT2D eigenvalue weighted by atomic mass is 9.94. The Morgan fingerprint density at radius 2 is 1.68 bits per heavy atom. The van der Waals surface area contributed by atoms with Crippen molar-refractivity contribution >= 4 is 15.9 Å². The van der Waals surface area contributed by atoms with Gasteiger partial charge in [0.25, 0.3) is 0 Å². The zero-order valence-corrected chi connectivity index (χ0v) is 19.2. The quantitative estimate of drug-likeness (QED) is 0.631. The fraction of sp³-hybridized carbons (Fsp3) is 0.682. The molecule has 9 heteroatoms. The van der Waals surface area contributed by atoms with E-state index in [0.717, 1.165) is 23.0 Å². The van der Waals surface area contributed by atoms with Gasteiger partial charge in [0.1, 0.15) is 16.5 Å². The summed E-state index contributed by atoms with van der Waals surface area (Å²) in [7, 11) is -0.224. The third-order valence-electron chi connectivity index (χ3n) is 6.68. The van der Waals surface area contributed by atoms with Gasteiger partial charge in [-0.1, -0.05) is 19.3 Å². The smallest absolute Gasteiger partial charge is 0.246 e. The van der Waals surface area contributed by atoms with Gasteiger partial charge in [-0.05, 0) is 50.9 Å². The van der Waals surface area contributed by atoms with Crippen molar-refractivity contribution in [2.75, 3.05) is 40.3 Å². The van der Waals surface area contributed by atoms with E-state index in [1.807, 2.05) is 0 Å². The summed E-state index contributed by atoms with van der Waals surface area (Å²) in [6.07, 6.45) is 7.02. The van der Waals surface area contributed by atoms with Crippen LogP contribution in [-0.4, -0.2) is 74.7 Å². The van der Waals surface area contributed by atoms with E-state index in [2.05, 4.69) is 11.9 Å². The molecule has 1 aromatic carbocycles. The normalized spacial score (nSPS) is 19.6. The fourth-order valence-electron chi connectivity index (χ4n) is 4.59. The van der Waals surface area contributed by atoms with Gasteiger partial charge in [-0.15, -0.1) is 0 Å². The average Bonchev–Trinajstić information content (AvgIpc) is 2.78. The number of likely N-dealkylation sites (N-methyl/N-ethyl adjacent to an activating group) is 2. The minimum absolute atomic E-state index is 0.0195. The molecule has 1 saturated heterocycles. The maximum Gasteiger partial charge on any atom is 0.246 e. The predicted octanol–water partition coefficient (Wildman–Crippen LogP) is 3.09. The number of hydrogen-bond acceptors (Lipinski definition) is 4. The second kappa shape index (κ2) is 10.4. The molecule has 1 aromatic rings. The summed E-state index contributed by atoms with van der Waals surface area (Å²) in [5, 5.41) is 0. The molecule has 174 valence electrons. The van der Waals surface area contributed by atoms with Gasteiger partial charge in [-0.25, -0.2) is 17.2 Å². The van der Waals surface area contributed by atoms with Crippen LogP contribution in [0.5, 0.6) is 0 Å². The number of amides is 1. The molecule has 31 heavy (non-hydrogen) atoms. The van der Waals surface area contributed by atoms with Crippen LogP contribution >= 0.6 is 0 Å². The van der Waals surface area contributed by atoms with E-state index in [4.69, 9.17) is 0 Å². The molecule has 1 heterocycles. The Balaban J connectivity index is 1.51. The van der Waals surface area contributed by atoms with Gasteiger partial charge in [0, 0.05) is 45.2 Å². The van der Waals surface area contributed by atoms with E-state index < -0.39 is 26.6 Å². The van der Waals surface area contributed by atoms with E-state index >= 15 is 0 Å². The first kappa shape index (κ1) is 24.1. The third kappa shape index (κ3) is 5.81. The molecule has 3 rings (SSSR count). The Hall–Kier alpha value is -1.58. The Labute approximate surface area is 184 Å². The first-order valence-electron chi connectivity index (χ1n) is 11.1. The van der Waals surface area contributed by atoms with Crippen molar-refractivity contribution in [1.29, 1.82) is 0 Å². The molecule has 2 aliphatic rings. The highest BCUT2D eigenvalue weighted by Gasteiger charge is 2.34. The first-order chi connectivity index (χ1) is 14.7. The minimum Gasteiger partial charge on any atom is -0.344 e. The molecule has 1 aliphatic heterocycles. The number of carbonyl (C=O) groups is 1. The van der Waals surface area contributed by atoms with Crippen molar-refractivity contribution in [3.05, 3.63) is 29.8 Å². The van der Waals surface area contributed by atoms with Crippen LogP contribution in [0.2, 0.25) is 0 Å². The second-order valence-corrected chi connectivity index (χ2v) is 10.7. The topological polar surface area (TPSA) is 60.9 Å². The highest BCUT2D eigenvalue weighted by Crippen LogP contribution is 2.27. The monoisotopic (exact) mass is 457 g/mol. The summed E-state index contributed by atoms with van der Waals surface area (Å²) in [6.45, 7) is 1.69. The zero-order valence-electron chi connectivity index (χ0n) is 18.4. The van der Waals surface area contributed by atoms with E-state index in [1.165, 1.54) is 32.1 Å². The largest absolute Gasteiger partial charge is 0.344 e. The summed E-state index contributed by atoms with van der Waals surface area (Å²) < 4.78 is 54.0. The Morgan fingerprint density at radius 3 is 2.32 bits per heavy atom. The Kier molecular flexibility index (Phi) is 8.04.